The van der Waals surface area contributed by atoms with Crippen LogP contribution < -0.4 is 0 Å². The standard InChI is InChI=1S/C70H38N2O2S4/c1-9-25-53-39(17-1)43-35-59-45(41-19-3-11-27-57(41)73-59)33-55(43)71(53)65-37-51-67(77-65)70(49-23-7-15-31-63(49)76-64-32-16-8-24-50(64)70)52-38-66(78-68(52)69(51)47-21-5-13-29-61(47)75-62-30-14-6-22-48(62)69)72-54-26-10-2-18-40(54)44-36-60-46(34-56(44)72)42-20-4-12-28-58(42)74-60/h1-38H. The minimum atomic E-state index is -0.708. The molecule has 78 heavy (non-hydrogen) atoms. The van der Waals surface area contributed by atoms with Crippen LogP contribution in [0.3, 0.4) is 0 Å². The number of hydrogen-bond donors (Lipinski definition) is 0. The molecule has 2 spiro atoms. The smallest absolute Gasteiger partial charge is 0.136 e. The fourth-order valence-corrected chi connectivity index (χ4v) is 19.6. The second kappa shape index (κ2) is 15.2. The maximum Gasteiger partial charge on any atom is 0.136 e. The van der Waals surface area contributed by atoms with Crippen LogP contribution in [0.15, 0.2) is 259 Å². The summed E-state index contributed by atoms with van der Waals surface area (Å²) < 4.78 is 18.3. The summed E-state index contributed by atoms with van der Waals surface area (Å²) in [7, 11) is 0. The van der Waals surface area contributed by atoms with Crippen molar-refractivity contribution in [2.24, 2.45) is 0 Å². The highest BCUT2D eigenvalue weighted by Crippen LogP contribution is 2.70. The van der Waals surface area contributed by atoms with Crippen LogP contribution in [0.2, 0.25) is 0 Å². The Morgan fingerprint density at radius 3 is 1.03 bits per heavy atom. The first kappa shape index (κ1) is 42.6. The van der Waals surface area contributed by atoms with E-state index in [1.807, 2.05) is 46.2 Å². The molecule has 0 unspecified atom stereocenters. The predicted octanol–water partition coefficient (Wildman–Crippen LogP) is 19.8. The molecule has 0 fully saturated rings. The van der Waals surface area contributed by atoms with Crippen LogP contribution in [-0.2, 0) is 10.8 Å². The van der Waals surface area contributed by atoms with E-state index >= 15 is 0 Å². The summed E-state index contributed by atoms with van der Waals surface area (Å²) in [6.07, 6.45) is 0. The van der Waals surface area contributed by atoms with Gasteiger partial charge in [-0.25, -0.2) is 0 Å². The molecule has 6 aromatic heterocycles. The number of aromatic nitrogens is 2. The third-order valence-electron chi connectivity index (χ3n) is 17.3. The SMILES string of the molecule is c1ccc2c(c1)Sc1ccccc1C21c2cc(-n3c4ccccc4c4cc5oc6ccccc6c5cc43)sc2C2(c3ccccc3Sc3ccccc32)c2cc(-n3c4ccccc4c4cc5oc6ccccc6c5cc43)sc21. The van der Waals surface area contributed by atoms with Crippen LogP contribution in [-0.4, -0.2) is 9.13 Å². The molecule has 19 rings (SSSR count). The Kier molecular flexibility index (Phi) is 8.28. The van der Waals surface area contributed by atoms with Crippen LogP contribution >= 0.6 is 46.2 Å². The van der Waals surface area contributed by atoms with E-state index in [2.05, 4.69) is 240 Å². The van der Waals surface area contributed by atoms with Crippen molar-refractivity contribution in [1.82, 2.24) is 9.13 Å². The number of rotatable bonds is 2. The highest BCUT2D eigenvalue weighted by atomic mass is 32.2. The summed E-state index contributed by atoms with van der Waals surface area (Å²) in [5.41, 5.74) is 14.8. The van der Waals surface area contributed by atoms with Gasteiger partial charge in [0, 0.05) is 72.4 Å². The zero-order chi connectivity index (χ0) is 50.6. The number of furan rings is 2. The van der Waals surface area contributed by atoms with Gasteiger partial charge in [0.15, 0.2) is 0 Å². The quantitative estimate of drug-likeness (QED) is 0.173. The molecule has 0 radical (unpaired) electrons. The zero-order valence-electron chi connectivity index (χ0n) is 41.3. The Bertz CT molecular complexity index is 4860. The van der Waals surface area contributed by atoms with Gasteiger partial charge in [0.2, 0.25) is 0 Å². The molecular formula is C70H38N2O2S4. The van der Waals surface area contributed by atoms with Crippen LogP contribution in [0.5, 0.6) is 0 Å². The second-order valence-corrected chi connectivity index (χ2v) is 25.2. The maximum absolute atomic E-state index is 6.60. The van der Waals surface area contributed by atoms with Crippen molar-refractivity contribution in [3.8, 4) is 10.0 Å². The molecule has 0 bridgehead atoms. The molecule has 16 aromatic rings. The first-order chi connectivity index (χ1) is 38.6. The third-order valence-corrected chi connectivity index (χ3v) is 22.1. The summed E-state index contributed by atoms with van der Waals surface area (Å²) in [6.45, 7) is 0. The van der Waals surface area contributed by atoms with E-state index in [9.17, 15) is 0 Å². The first-order valence-corrected chi connectivity index (χ1v) is 29.6. The lowest BCUT2D eigenvalue weighted by Crippen LogP contribution is -2.45. The lowest BCUT2D eigenvalue weighted by atomic mass is 9.55. The van der Waals surface area contributed by atoms with Gasteiger partial charge in [-0.1, -0.05) is 169 Å². The van der Waals surface area contributed by atoms with E-state index in [1.165, 1.54) is 116 Å². The number of benzene rings is 10. The number of nitrogens with zero attached hydrogens (tertiary/aromatic N) is 2. The van der Waals surface area contributed by atoms with Crippen molar-refractivity contribution in [2.75, 3.05) is 0 Å². The molecule has 0 N–H and O–H groups in total. The van der Waals surface area contributed by atoms with E-state index in [0.29, 0.717) is 0 Å². The topological polar surface area (TPSA) is 36.1 Å². The van der Waals surface area contributed by atoms with Gasteiger partial charge in [-0.05, 0) is 118 Å². The summed E-state index contributed by atoms with van der Waals surface area (Å²) >= 11 is 7.75. The molecule has 1 aliphatic carbocycles. The zero-order valence-corrected chi connectivity index (χ0v) is 44.5. The summed E-state index contributed by atoms with van der Waals surface area (Å²) in [5.74, 6) is 0. The largest absolute Gasteiger partial charge is 0.456 e. The van der Waals surface area contributed by atoms with Crippen molar-refractivity contribution in [2.45, 2.75) is 30.4 Å². The molecule has 10 aromatic carbocycles. The second-order valence-electron chi connectivity index (χ2n) is 21.0. The summed E-state index contributed by atoms with van der Waals surface area (Å²) in [6, 6.07) is 86.5. The highest BCUT2D eigenvalue weighted by molar-refractivity contribution is 7.99. The summed E-state index contributed by atoms with van der Waals surface area (Å²) in [5, 5.41) is 11.6. The van der Waals surface area contributed by atoms with E-state index in [-0.39, 0.29) is 0 Å². The monoisotopic (exact) mass is 1070 g/mol. The van der Waals surface area contributed by atoms with Crippen LogP contribution in [0.4, 0.5) is 0 Å². The summed E-state index contributed by atoms with van der Waals surface area (Å²) in [4.78, 5) is 7.82. The molecule has 8 heterocycles. The van der Waals surface area contributed by atoms with Gasteiger partial charge in [-0.2, -0.15) is 0 Å². The van der Waals surface area contributed by atoms with Crippen LogP contribution in [0, 0.1) is 0 Å². The van der Waals surface area contributed by atoms with Crippen LogP contribution in [0.25, 0.3) is 97.5 Å². The molecule has 0 atom stereocenters. The van der Waals surface area contributed by atoms with E-state index in [4.69, 9.17) is 8.83 Å². The van der Waals surface area contributed by atoms with E-state index in [0.717, 1.165) is 43.9 Å². The lowest BCUT2D eigenvalue weighted by Gasteiger charge is -2.51. The normalized spacial score (nSPS) is 14.8. The molecule has 364 valence electrons. The molecule has 3 aliphatic rings. The minimum absolute atomic E-state index is 0.708. The average Bonchev–Trinajstić information content (AvgIpc) is 2.63. The maximum atomic E-state index is 6.60. The number of thiophene rings is 2. The minimum Gasteiger partial charge on any atom is -0.456 e. The predicted molar refractivity (Wildman–Crippen MR) is 324 cm³/mol. The van der Waals surface area contributed by atoms with Gasteiger partial charge >= 0.3 is 0 Å². The van der Waals surface area contributed by atoms with Crippen molar-refractivity contribution in [3.05, 3.63) is 274 Å². The molecule has 0 amide bonds. The molecule has 2 aliphatic heterocycles. The fourth-order valence-electron chi connectivity index (χ4n) is 14.2. The molecule has 0 saturated heterocycles. The fraction of sp³-hybridized carbons (Fsp3) is 0.0286. The van der Waals surface area contributed by atoms with Crippen LogP contribution in [0.1, 0.15) is 43.1 Å². The van der Waals surface area contributed by atoms with Gasteiger partial charge in [-0.3, -0.25) is 0 Å². The van der Waals surface area contributed by atoms with Crippen molar-refractivity contribution >= 4 is 134 Å². The van der Waals surface area contributed by atoms with Crippen molar-refractivity contribution in [1.29, 1.82) is 0 Å². The Morgan fingerprint density at radius 2 is 0.615 bits per heavy atom. The highest BCUT2D eigenvalue weighted by Gasteiger charge is 2.60. The Labute approximate surface area is 462 Å². The number of para-hydroxylation sites is 4. The molecule has 0 saturated carbocycles. The van der Waals surface area contributed by atoms with Gasteiger partial charge in [0.1, 0.15) is 32.3 Å². The van der Waals surface area contributed by atoms with Gasteiger partial charge in [0.05, 0.1) is 32.9 Å². The van der Waals surface area contributed by atoms with E-state index < -0.39 is 10.8 Å². The average molecular weight is 1070 g/mol. The Morgan fingerprint density at radius 1 is 0.269 bits per heavy atom. The van der Waals surface area contributed by atoms with Crippen molar-refractivity contribution in [3.63, 3.8) is 0 Å². The van der Waals surface area contributed by atoms with Gasteiger partial charge < -0.3 is 18.0 Å². The van der Waals surface area contributed by atoms with E-state index in [1.54, 1.807) is 0 Å². The number of hydrogen-bond acceptors (Lipinski definition) is 6. The van der Waals surface area contributed by atoms with Gasteiger partial charge in [0.25, 0.3) is 0 Å². The third kappa shape index (κ3) is 5.20. The van der Waals surface area contributed by atoms with Gasteiger partial charge in [-0.15, -0.1) is 22.7 Å². The molecular weight excluding hydrogens is 1030 g/mol. The first-order valence-electron chi connectivity index (χ1n) is 26.4. The Hall–Kier alpha value is -8.50. The number of fused-ring (bicyclic) bond motifs is 26. The Balaban J connectivity index is 1.00. The lowest BCUT2D eigenvalue weighted by molar-refractivity contribution is 0.609. The molecule has 4 nitrogen and oxygen atoms in total. The molecule has 8 heteroatoms. The van der Waals surface area contributed by atoms with Crippen molar-refractivity contribution < 1.29 is 8.83 Å².